The predicted octanol–water partition coefficient (Wildman–Crippen LogP) is 4.20. The van der Waals surface area contributed by atoms with Gasteiger partial charge in [-0.25, -0.2) is 0 Å². The first-order chi connectivity index (χ1) is 8.09. The summed E-state index contributed by atoms with van der Waals surface area (Å²) in [6, 6.07) is 13.3. The van der Waals surface area contributed by atoms with E-state index in [1.54, 1.807) is 36.4 Å². The molecule has 1 aliphatic rings. The molecule has 0 N–H and O–H groups in total. The van der Waals surface area contributed by atoms with Gasteiger partial charge in [0.25, 0.3) is 0 Å². The van der Waals surface area contributed by atoms with Gasteiger partial charge in [0, 0.05) is 12.1 Å². The minimum Gasteiger partial charge on any atom is -0.159 e. The number of rotatable bonds is 0. The molecule has 0 bridgehead atoms. The van der Waals surface area contributed by atoms with Crippen LogP contribution in [0, 0.1) is 5.92 Å². The smallest absolute Gasteiger partial charge is 0.159 e. The Kier molecular flexibility index (Phi) is 1.99. The van der Waals surface area contributed by atoms with E-state index in [0.29, 0.717) is 11.1 Å². The van der Waals surface area contributed by atoms with Crippen molar-refractivity contribution in [2.75, 3.05) is 0 Å². The van der Waals surface area contributed by atoms with Gasteiger partial charge in [0.05, 0.1) is 11.1 Å². The lowest BCUT2D eigenvalue weighted by Crippen LogP contribution is -2.20. The highest BCUT2D eigenvalue weighted by atomic mass is 19.4. The van der Waals surface area contributed by atoms with Gasteiger partial charge >= 0.3 is 6.18 Å². The Balaban J connectivity index is 2.31. The van der Waals surface area contributed by atoms with Crippen LogP contribution in [0.4, 0.5) is 13.2 Å². The van der Waals surface area contributed by atoms with E-state index in [9.17, 15) is 13.2 Å². The summed E-state index contributed by atoms with van der Waals surface area (Å²) in [4.78, 5) is 0. The second-order valence-corrected chi connectivity index (χ2v) is 3.96. The molecule has 0 nitrogen and oxygen atoms in total. The van der Waals surface area contributed by atoms with Crippen LogP contribution in [0.2, 0.25) is 0 Å². The molecule has 0 heterocycles. The van der Waals surface area contributed by atoms with Gasteiger partial charge in [-0.2, -0.15) is 13.2 Å². The second kappa shape index (κ2) is 3.29. The Bertz CT molecular complexity index is 524. The van der Waals surface area contributed by atoms with E-state index in [1.807, 2.05) is 0 Å². The molecule has 0 atom stereocenters. The summed E-state index contributed by atoms with van der Waals surface area (Å²) < 4.78 is 39.2. The van der Waals surface area contributed by atoms with E-state index in [2.05, 4.69) is 0 Å². The zero-order chi connectivity index (χ0) is 12.0. The van der Waals surface area contributed by atoms with Crippen molar-refractivity contribution in [1.82, 2.24) is 0 Å². The highest BCUT2D eigenvalue weighted by Gasteiger charge is 2.53. The molecule has 2 aromatic carbocycles. The first kappa shape index (κ1) is 10.3. The third kappa shape index (κ3) is 1.42. The fourth-order valence-electron chi connectivity index (χ4n) is 2.32. The van der Waals surface area contributed by atoms with Crippen molar-refractivity contribution in [2.45, 2.75) is 6.18 Å². The maximum atomic E-state index is 13.1. The minimum absolute atomic E-state index is 0.279. The number of benzene rings is 2. The van der Waals surface area contributed by atoms with Crippen LogP contribution in [0.5, 0.6) is 0 Å². The van der Waals surface area contributed by atoms with Gasteiger partial charge in [-0.1, -0.05) is 0 Å². The quantitative estimate of drug-likeness (QED) is 0.598. The third-order valence-electron chi connectivity index (χ3n) is 2.97. The summed E-state index contributed by atoms with van der Waals surface area (Å²) >= 11 is 0. The number of hydrogen-bond acceptors (Lipinski definition) is 0. The molecule has 0 spiro atoms. The molecule has 0 saturated heterocycles. The Morgan fingerprint density at radius 3 is 1.53 bits per heavy atom. The van der Waals surface area contributed by atoms with Gasteiger partial charge in [-0.15, -0.1) is 0 Å². The number of fused-ring (bicyclic) bond motifs is 3. The monoisotopic (exact) mass is 233 g/mol. The molecule has 0 unspecified atom stereocenters. The van der Waals surface area contributed by atoms with Crippen molar-refractivity contribution in [3.05, 3.63) is 65.6 Å². The van der Waals surface area contributed by atoms with Crippen molar-refractivity contribution >= 4 is 0 Å². The Labute approximate surface area is 96.7 Å². The standard InChI is InChI=1S/C14H8F3/c15-14(16,17)13-11-7-3-1-5-9(11)10-6-2-4-8-12(10)13/h1-8H/q+1. The average Bonchev–Trinajstić information content (AvgIpc) is 2.63. The summed E-state index contributed by atoms with van der Waals surface area (Å²) in [5.74, 6) is -0.524. The van der Waals surface area contributed by atoms with Crippen LogP contribution in [0.15, 0.2) is 48.5 Å². The van der Waals surface area contributed by atoms with Gasteiger partial charge in [0.1, 0.15) is 11.1 Å². The van der Waals surface area contributed by atoms with Crippen molar-refractivity contribution in [3.63, 3.8) is 0 Å². The molecule has 17 heavy (non-hydrogen) atoms. The van der Waals surface area contributed by atoms with E-state index < -0.39 is 12.1 Å². The predicted molar refractivity (Wildman–Crippen MR) is 59.4 cm³/mol. The lowest BCUT2D eigenvalue weighted by Gasteiger charge is -2.11. The van der Waals surface area contributed by atoms with Crippen LogP contribution in [0.1, 0.15) is 11.1 Å². The van der Waals surface area contributed by atoms with Crippen LogP contribution in [0.25, 0.3) is 11.1 Å². The summed E-state index contributed by atoms with van der Waals surface area (Å²) in [5.41, 5.74) is 1.88. The molecule has 0 radical (unpaired) electrons. The largest absolute Gasteiger partial charge is 0.449 e. The first-order valence-corrected chi connectivity index (χ1v) is 5.22. The molecule has 84 valence electrons. The molecule has 0 aliphatic heterocycles. The van der Waals surface area contributed by atoms with Crippen LogP contribution in [-0.2, 0) is 0 Å². The van der Waals surface area contributed by atoms with Crippen LogP contribution in [-0.4, -0.2) is 6.18 Å². The maximum absolute atomic E-state index is 13.1. The van der Waals surface area contributed by atoms with E-state index >= 15 is 0 Å². The Morgan fingerprint density at radius 1 is 0.706 bits per heavy atom. The van der Waals surface area contributed by atoms with Crippen molar-refractivity contribution in [2.24, 2.45) is 0 Å². The van der Waals surface area contributed by atoms with Crippen molar-refractivity contribution in [3.8, 4) is 11.1 Å². The van der Waals surface area contributed by atoms with Crippen LogP contribution in [0.3, 0.4) is 0 Å². The molecule has 3 rings (SSSR count). The highest BCUT2D eigenvalue weighted by Crippen LogP contribution is 2.50. The van der Waals surface area contributed by atoms with E-state index in [1.165, 1.54) is 12.1 Å². The van der Waals surface area contributed by atoms with Crippen LogP contribution < -0.4 is 0 Å². The van der Waals surface area contributed by atoms with E-state index in [-0.39, 0.29) is 11.1 Å². The summed E-state index contributed by atoms with van der Waals surface area (Å²) in [6.45, 7) is 0. The van der Waals surface area contributed by atoms with Gasteiger partial charge in [0.2, 0.25) is 0 Å². The first-order valence-electron chi connectivity index (χ1n) is 5.22. The molecule has 0 aromatic heterocycles. The van der Waals surface area contributed by atoms with E-state index in [4.69, 9.17) is 0 Å². The molecule has 2 aromatic rings. The maximum Gasteiger partial charge on any atom is 0.449 e. The molecule has 0 saturated carbocycles. The normalized spacial score (nSPS) is 13.5. The highest BCUT2D eigenvalue weighted by molar-refractivity contribution is 5.84. The molecule has 0 amide bonds. The van der Waals surface area contributed by atoms with Gasteiger partial charge < -0.3 is 0 Å². The second-order valence-electron chi connectivity index (χ2n) is 3.96. The van der Waals surface area contributed by atoms with Gasteiger partial charge in [0.15, 0.2) is 5.92 Å². The Morgan fingerprint density at radius 2 is 1.12 bits per heavy atom. The molecular weight excluding hydrogens is 225 g/mol. The molecule has 1 aliphatic carbocycles. The van der Waals surface area contributed by atoms with Crippen molar-refractivity contribution in [1.29, 1.82) is 0 Å². The number of halogens is 3. The average molecular weight is 233 g/mol. The summed E-state index contributed by atoms with van der Waals surface area (Å²) in [5, 5.41) is 0. The number of hydrogen-bond donors (Lipinski definition) is 0. The lowest BCUT2D eigenvalue weighted by atomic mass is 9.97. The van der Waals surface area contributed by atoms with E-state index in [0.717, 1.165) is 0 Å². The molecular formula is C14H8F3+. The summed E-state index contributed by atoms with van der Waals surface area (Å²) in [6.07, 6.45) is -4.32. The minimum atomic E-state index is -4.32. The molecule has 3 heteroatoms. The topological polar surface area (TPSA) is 0 Å². The SMILES string of the molecule is FC(F)(F)[C+]1c2ccccc2-c2ccccc21. The zero-order valence-corrected chi connectivity index (χ0v) is 8.75. The van der Waals surface area contributed by atoms with Crippen LogP contribution >= 0.6 is 0 Å². The fraction of sp³-hybridized carbons (Fsp3) is 0.0714. The Hall–Kier alpha value is -1.90. The molecule has 0 fully saturated rings. The summed E-state index contributed by atoms with van der Waals surface area (Å²) in [7, 11) is 0. The van der Waals surface area contributed by atoms with Gasteiger partial charge in [-0.05, 0) is 36.4 Å². The van der Waals surface area contributed by atoms with Gasteiger partial charge in [-0.3, -0.25) is 0 Å². The number of alkyl halides is 3. The third-order valence-corrected chi connectivity index (χ3v) is 2.97. The lowest BCUT2D eigenvalue weighted by molar-refractivity contribution is -0.104. The fourth-order valence-corrected chi connectivity index (χ4v) is 2.32. The van der Waals surface area contributed by atoms with Crippen molar-refractivity contribution < 1.29 is 13.2 Å². The zero-order valence-electron chi connectivity index (χ0n) is 8.75.